The molecule has 1 atom stereocenters. The fourth-order valence-corrected chi connectivity index (χ4v) is 1.36. The molecule has 0 fully saturated rings. The highest BCUT2D eigenvalue weighted by atomic mass is 127. The van der Waals surface area contributed by atoms with Crippen molar-refractivity contribution in [1.29, 1.82) is 0 Å². The van der Waals surface area contributed by atoms with E-state index in [2.05, 4.69) is 41.4 Å². The van der Waals surface area contributed by atoms with Gasteiger partial charge in [0.2, 0.25) is 0 Å². The van der Waals surface area contributed by atoms with Gasteiger partial charge in [0.25, 0.3) is 0 Å². The summed E-state index contributed by atoms with van der Waals surface area (Å²) < 4.78 is 1.82. The topological polar surface area (TPSA) is 20.2 Å². The summed E-state index contributed by atoms with van der Waals surface area (Å²) in [5.41, 5.74) is 0. The smallest absolute Gasteiger partial charge is 0.0837 e. The highest BCUT2D eigenvalue weighted by Gasteiger charge is 1.92. The van der Waals surface area contributed by atoms with E-state index < -0.39 is 6.10 Å². The Morgan fingerprint density at radius 3 is 2.77 bits per heavy atom. The van der Waals surface area contributed by atoms with Crippen LogP contribution in [0.2, 0.25) is 0 Å². The first-order valence-corrected chi connectivity index (χ1v) is 5.96. The van der Waals surface area contributed by atoms with E-state index in [0.29, 0.717) is 6.42 Å². The molecule has 0 rings (SSSR count). The number of aliphatic hydroxyl groups excluding tert-OH is 1. The monoisotopic (exact) mass is 292 g/mol. The third-order valence-electron chi connectivity index (χ3n) is 1.64. The molecule has 0 aromatic carbocycles. The lowest BCUT2D eigenvalue weighted by Crippen LogP contribution is -1.98. The van der Waals surface area contributed by atoms with Crippen molar-refractivity contribution in [1.82, 2.24) is 0 Å². The second-order valence-corrected chi connectivity index (χ2v) is 3.62. The number of halogens is 1. The molecule has 0 bridgehead atoms. The maximum absolute atomic E-state index is 9.26. The van der Waals surface area contributed by atoms with Gasteiger partial charge in [-0.05, 0) is 16.6 Å². The molecule has 1 N–H and O–H groups in total. The average Bonchev–Trinajstić information content (AvgIpc) is 2.11. The molecule has 0 unspecified atom stereocenters. The molecule has 13 heavy (non-hydrogen) atoms. The summed E-state index contributed by atoms with van der Waals surface area (Å²) in [4.78, 5) is 0. The van der Waals surface area contributed by atoms with Gasteiger partial charge in [0.15, 0.2) is 0 Å². The molecule has 0 aliphatic rings. The highest BCUT2D eigenvalue weighted by Crippen LogP contribution is 1.98. The maximum Gasteiger partial charge on any atom is 0.0837 e. The number of hydrogen-bond acceptors (Lipinski definition) is 1. The van der Waals surface area contributed by atoms with Gasteiger partial charge in [-0.2, -0.15) is 0 Å². The second kappa shape index (κ2) is 10.1. The Hall–Kier alpha value is -0.0100. The Kier molecular flexibility index (Phi) is 10.1. The van der Waals surface area contributed by atoms with E-state index in [0.717, 1.165) is 6.42 Å². The third-order valence-corrected chi connectivity index (χ3v) is 2.05. The summed E-state index contributed by atoms with van der Waals surface area (Å²) in [6.45, 7) is 2.18. The van der Waals surface area contributed by atoms with Crippen LogP contribution in [0.5, 0.6) is 0 Å². The number of unbranched alkanes of at least 4 members (excludes halogenated alkanes) is 3. The van der Waals surface area contributed by atoms with Crippen molar-refractivity contribution in [3.8, 4) is 11.8 Å². The van der Waals surface area contributed by atoms with Gasteiger partial charge in [-0.25, -0.2) is 0 Å². The Balaban J connectivity index is 3.38. The predicted octanol–water partition coefficient (Wildman–Crippen LogP) is 3.27. The van der Waals surface area contributed by atoms with E-state index in [1.54, 1.807) is 6.08 Å². The summed E-state index contributed by atoms with van der Waals surface area (Å²) in [5.74, 6) is 6.04. The van der Waals surface area contributed by atoms with Gasteiger partial charge in [-0.15, -0.1) is 11.8 Å². The van der Waals surface area contributed by atoms with Crippen molar-refractivity contribution in [2.75, 3.05) is 0 Å². The van der Waals surface area contributed by atoms with Crippen molar-refractivity contribution in [3.63, 3.8) is 0 Å². The van der Waals surface area contributed by atoms with Gasteiger partial charge in [-0.1, -0.05) is 42.4 Å². The van der Waals surface area contributed by atoms with Crippen LogP contribution in [0.25, 0.3) is 0 Å². The van der Waals surface area contributed by atoms with E-state index in [1.807, 2.05) is 4.08 Å². The molecule has 1 nitrogen and oxygen atoms in total. The van der Waals surface area contributed by atoms with Crippen LogP contribution >= 0.6 is 22.6 Å². The zero-order valence-electron chi connectivity index (χ0n) is 8.09. The second-order valence-electron chi connectivity index (χ2n) is 2.90. The van der Waals surface area contributed by atoms with Crippen molar-refractivity contribution in [2.24, 2.45) is 0 Å². The third kappa shape index (κ3) is 9.91. The van der Waals surface area contributed by atoms with Crippen LogP contribution in [0.3, 0.4) is 0 Å². The van der Waals surface area contributed by atoms with Gasteiger partial charge < -0.3 is 5.11 Å². The minimum atomic E-state index is -0.393. The van der Waals surface area contributed by atoms with Gasteiger partial charge >= 0.3 is 0 Å². The van der Waals surface area contributed by atoms with Crippen LogP contribution in [0.4, 0.5) is 0 Å². The quantitative estimate of drug-likeness (QED) is 0.468. The van der Waals surface area contributed by atoms with Crippen LogP contribution in [0.15, 0.2) is 10.2 Å². The minimum Gasteiger partial charge on any atom is -0.388 e. The molecule has 0 radical (unpaired) electrons. The zero-order chi connectivity index (χ0) is 9.94. The predicted molar refractivity (Wildman–Crippen MR) is 65.7 cm³/mol. The summed E-state index contributed by atoms with van der Waals surface area (Å²) in [7, 11) is 0. The Bertz CT molecular complexity index is 188. The SMILES string of the molecule is CCCCCC#CC[C@H](O)/C=C/I. The van der Waals surface area contributed by atoms with E-state index in [9.17, 15) is 5.11 Å². The lowest BCUT2D eigenvalue weighted by atomic mass is 10.2. The fraction of sp³-hybridized carbons (Fsp3) is 0.636. The number of rotatable bonds is 5. The maximum atomic E-state index is 9.26. The average molecular weight is 292 g/mol. The summed E-state index contributed by atoms with van der Waals surface area (Å²) >= 11 is 2.09. The highest BCUT2D eigenvalue weighted by molar-refractivity contribution is 14.1. The molecule has 0 saturated heterocycles. The molecule has 0 amide bonds. The Labute approximate surface area is 94.8 Å². The lowest BCUT2D eigenvalue weighted by molar-refractivity contribution is 0.229. The molecule has 2 heteroatoms. The van der Waals surface area contributed by atoms with Crippen molar-refractivity contribution in [3.05, 3.63) is 10.2 Å². The first kappa shape index (κ1) is 13.0. The summed E-state index contributed by atoms with van der Waals surface area (Å²) in [6, 6.07) is 0. The lowest BCUT2D eigenvalue weighted by Gasteiger charge is -1.96. The molecular formula is C11H17IO. The van der Waals surface area contributed by atoms with Crippen LogP contribution in [0.1, 0.15) is 39.0 Å². The largest absolute Gasteiger partial charge is 0.388 e. The normalized spacial score (nSPS) is 12.5. The van der Waals surface area contributed by atoms with E-state index in [4.69, 9.17) is 0 Å². The minimum absolute atomic E-state index is 0.393. The van der Waals surface area contributed by atoms with E-state index >= 15 is 0 Å². The number of hydrogen-bond donors (Lipinski definition) is 1. The van der Waals surface area contributed by atoms with Crippen LogP contribution in [-0.2, 0) is 0 Å². The zero-order valence-corrected chi connectivity index (χ0v) is 10.3. The fourth-order valence-electron chi connectivity index (χ4n) is 0.881. The van der Waals surface area contributed by atoms with Crippen molar-refractivity contribution < 1.29 is 5.11 Å². The molecule has 74 valence electrons. The van der Waals surface area contributed by atoms with Crippen LogP contribution in [0, 0.1) is 11.8 Å². The molecule has 0 aliphatic heterocycles. The molecule has 0 aromatic rings. The van der Waals surface area contributed by atoms with Crippen molar-refractivity contribution in [2.45, 2.75) is 45.1 Å². The molecule has 0 aromatic heterocycles. The molecule has 0 saturated carbocycles. The Morgan fingerprint density at radius 1 is 1.38 bits per heavy atom. The van der Waals surface area contributed by atoms with Gasteiger partial charge in [-0.3, -0.25) is 0 Å². The van der Waals surface area contributed by atoms with Gasteiger partial charge in [0, 0.05) is 12.8 Å². The summed E-state index contributed by atoms with van der Waals surface area (Å²) in [6.07, 6.45) is 6.56. The van der Waals surface area contributed by atoms with E-state index in [-0.39, 0.29) is 0 Å². The Morgan fingerprint density at radius 2 is 2.15 bits per heavy atom. The molecule has 0 aliphatic carbocycles. The molecule has 0 heterocycles. The first-order chi connectivity index (χ1) is 6.31. The molecule has 0 spiro atoms. The molecular weight excluding hydrogens is 275 g/mol. The van der Waals surface area contributed by atoms with Gasteiger partial charge in [0.1, 0.15) is 0 Å². The standard InChI is InChI=1S/C11H17IO/c1-2-3-4-5-6-7-8-11(13)9-10-12/h9-11,13H,2-5,8H2,1H3/b10-9+/t11-/m0/s1. The number of aliphatic hydroxyl groups is 1. The van der Waals surface area contributed by atoms with Crippen LogP contribution in [-0.4, -0.2) is 11.2 Å². The summed E-state index contributed by atoms with van der Waals surface area (Å²) in [5, 5.41) is 9.26. The first-order valence-electron chi connectivity index (χ1n) is 4.72. The van der Waals surface area contributed by atoms with E-state index in [1.165, 1.54) is 19.3 Å². The van der Waals surface area contributed by atoms with Crippen LogP contribution < -0.4 is 0 Å². The van der Waals surface area contributed by atoms with Gasteiger partial charge in [0.05, 0.1) is 6.10 Å². The van der Waals surface area contributed by atoms with Crippen molar-refractivity contribution >= 4 is 22.6 Å².